The molecule has 0 aliphatic heterocycles. The van der Waals surface area contributed by atoms with Gasteiger partial charge in [-0.3, -0.25) is 0 Å². The van der Waals surface area contributed by atoms with Gasteiger partial charge in [-0.2, -0.15) is 0 Å². The third kappa shape index (κ3) is 2.36. The minimum atomic E-state index is -1.41. The number of fused-ring (bicyclic) bond motifs is 1. The zero-order valence-electron chi connectivity index (χ0n) is 10.2. The molecular formula is C13H16N2O3. The van der Waals surface area contributed by atoms with Gasteiger partial charge in [0.15, 0.2) is 6.10 Å². The summed E-state index contributed by atoms with van der Waals surface area (Å²) in [6.45, 7) is 2.81. The summed E-state index contributed by atoms with van der Waals surface area (Å²) in [5.41, 5.74) is 1.81. The molecule has 2 aromatic rings. The number of benzene rings is 1. The van der Waals surface area contributed by atoms with Crippen LogP contribution >= 0.6 is 0 Å². The van der Waals surface area contributed by atoms with Gasteiger partial charge in [0.25, 0.3) is 0 Å². The van der Waals surface area contributed by atoms with Crippen molar-refractivity contribution in [3.05, 3.63) is 30.1 Å². The van der Waals surface area contributed by atoms with E-state index in [0.717, 1.165) is 24.0 Å². The highest BCUT2D eigenvalue weighted by atomic mass is 16.4. The molecule has 0 radical (unpaired) electrons. The highest BCUT2D eigenvalue weighted by Crippen LogP contribution is 2.17. The lowest BCUT2D eigenvalue weighted by atomic mass is 10.2. The summed E-state index contributed by atoms with van der Waals surface area (Å²) in [5, 5.41) is 18.2. The second kappa shape index (κ2) is 5.18. The number of carbonyl (C=O) groups is 1. The fourth-order valence-electron chi connectivity index (χ4n) is 2.01. The second-order valence-electron chi connectivity index (χ2n) is 4.23. The van der Waals surface area contributed by atoms with Crippen LogP contribution in [0.1, 0.15) is 19.2 Å². The Hall–Kier alpha value is -1.88. The summed E-state index contributed by atoms with van der Waals surface area (Å²) in [7, 11) is 0. The molecule has 1 heterocycles. The van der Waals surface area contributed by atoms with E-state index in [1.807, 2.05) is 35.8 Å². The molecule has 0 saturated heterocycles. The van der Waals surface area contributed by atoms with E-state index in [1.54, 1.807) is 0 Å². The zero-order valence-corrected chi connectivity index (χ0v) is 10.2. The molecule has 2 N–H and O–H groups in total. The maximum Gasteiger partial charge on any atom is 0.332 e. The van der Waals surface area contributed by atoms with Gasteiger partial charge in [0.2, 0.25) is 0 Å². The number of aliphatic hydroxyl groups is 1. The zero-order chi connectivity index (χ0) is 13.1. The molecule has 1 atom stereocenters. The van der Waals surface area contributed by atoms with Crippen LogP contribution < -0.4 is 0 Å². The van der Waals surface area contributed by atoms with Crippen molar-refractivity contribution in [2.24, 2.45) is 0 Å². The lowest BCUT2D eigenvalue weighted by Crippen LogP contribution is -2.24. The van der Waals surface area contributed by atoms with Crippen molar-refractivity contribution in [3.63, 3.8) is 0 Å². The van der Waals surface area contributed by atoms with Gasteiger partial charge in [-0.15, -0.1) is 0 Å². The van der Waals surface area contributed by atoms with Gasteiger partial charge < -0.3 is 14.8 Å². The third-order valence-electron chi connectivity index (χ3n) is 2.84. The lowest BCUT2D eigenvalue weighted by molar-refractivity contribution is -0.146. The highest BCUT2D eigenvalue weighted by Gasteiger charge is 2.18. The molecule has 0 aliphatic carbocycles. The standard InChI is InChI=1S/C13H16N2O3/c1-2-7-15-10-6-4-3-5-9(10)14-12(15)8-11(16)13(17)18/h3-6,11,16H,2,7-8H2,1H3,(H,17,18). The summed E-state index contributed by atoms with van der Waals surface area (Å²) in [4.78, 5) is 15.1. The minimum Gasteiger partial charge on any atom is -0.479 e. The predicted octanol–water partition coefficient (Wildman–Crippen LogP) is 1.43. The van der Waals surface area contributed by atoms with Crippen LogP contribution in [-0.4, -0.2) is 31.8 Å². The Morgan fingerprint density at radius 3 is 2.83 bits per heavy atom. The van der Waals surface area contributed by atoms with Crippen LogP contribution in [0.25, 0.3) is 11.0 Å². The maximum atomic E-state index is 10.7. The van der Waals surface area contributed by atoms with E-state index in [1.165, 1.54) is 0 Å². The molecule has 2 rings (SSSR count). The molecule has 0 amide bonds. The molecule has 0 saturated carbocycles. The van der Waals surface area contributed by atoms with Gasteiger partial charge in [0.05, 0.1) is 11.0 Å². The third-order valence-corrected chi connectivity index (χ3v) is 2.84. The first-order chi connectivity index (χ1) is 8.63. The summed E-state index contributed by atoms with van der Waals surface area (Å²) < 4.78 is 1.97. The Bertz CT molecular complexity index is 562. The maximum absolute atomic E-state index is 10.7. The van der Waals surface area contributed by atoms with Crippen molar-refractivity contribution >= 4 is 17.0 Å². The SMILES string of the molecule is CCCn1c(CC(O)C(=O)O)nc2ccccc21. The quantitative estimate of drug-likeness (QED) is 0.839. The monoisotopic (exact) mass is 248 g/mol. The largest absolute Gasteiger partial charge is 0.479 e. The van der Waals surface area contributed by atoms with Crippen molar-refractivity contribution in [3.8, 4) is 0 Å². The summed E-state index contributed by atoms with van der Waals surface area (Å²) in [6.07, 6.45) is -0.446. The molecule has 0 fully saturated rings. The van der Waals surface area contributed by atoms with E-state index in [-0.39, 0.29) is 6.42 Å². The van der Waals surface area contributed by atoms with E-state index >= 15 is 0 Å². The minimum absolute atomic E-state index is 0.0318. The van der Waals surface area contributed by atoms with Crippen molar-refractivity contribution < 1.29 is 15.0 Å². The lowest BCUT2D eigenvalue weighted by Gasteiger charge is -2.09. The smallest absolute Gasteiger partial charge is 0.332 e. The van der Waals surface area contributed by atoms with Crippen LogP contribution in [0.3, 0.4) is 0 Å². The van der Waals surface area contributed by atoms with Crippen LogP contribution in [0.2, 0.25) is 0 Å². The normalized spacial score (nSPS) is 12.8. The highest BCUT2D eigenvalue weighted by molar-refractivity contribution is 5.76. The number of carboxylic acids is 1. The first kappa shape index (κ1) is 12.6. The number of aryl methyl sites for hydroxylation is 1. The van der Waals surface area contributed by atoms with Gasteiger partial charge >= 0.3 is 5.97 Å². The number of hydrogen-bond acceptors (Lipinski definition) is 3. The Morgan fingerprint density at radius 2 is 2.17 bits per heavy atom. The van der Waals surface area contributed by atoms with E-state index < -0.39 is 12.1 Å². The predicted molar refractivity (Wildman–Crippen MR) is 67.4 cm³/mol. The van der Waals surface area contributed by atoms with Crippen LogP contribution in [0, 0.1) is 0 Å². The topological polar surface area (TPSA) is 75.4 Å². The molecule has 0 aliphatic rings. The summed E-state index contributed by atoms with van der Waals surface area (Å²) in [6, 6.07) is 7.66. The fourth-order valence-corrected chi connectivity index (χ4v) is 2.01. The first-order valence-electron chi connectivity index (χ1n) is 5.98. The average molecular weight is 248 g/mol. The molecular weight excluding hydrogens is 232 g/mol. The number of nitrogens with zero attached hydrogens (tertiary/aromatic N) is 2. The second-order valence-corrected chi connectivity index (χ2v) is 4.23. The average Bonchev–Trinajstić information content (AvgIpc) is 2.68. The first-order valence-corrected chi connectivity index (χ1v) is 5.98. The van der Waals surface area contributed by atoms with Crippen molar-refractivity contribution in [1.29, 1.82) is 0 Å². The Labute approximate surface area is 105 Å². The number of hydrogen-bond donors (Lipinski definition) is 2. The molecule has 18 heavy (non-hydrogen) atoms. The van der Waals surface area contributed by atoms with Crippen molar-refractivity contribution in [1.82, 2.24) is 9.55 Å². The van der Waals surface area contributed by atoms with Gasteiger partial charge in [-0.1, -0.05) is 19.1 Å². The molecule has 1 aromatic heterocycles. The van der Waals surface area contributed by atoms with Crippen LogP contribution in [0.4, 0.5) is 0 Å². The van der Waals surface area contributed by atoms with Gasteiger partial charge in [0.1, 0.15) is 5.82 Å². The number of carboxylic acid groups (broad SMARTS) is 1. The fraction of sp³-hybridized carbons (Fsp3) is 0.385. The molecule has 5 heteroatoms. The van der Waals surface area contributed by atoms with E-state index in [2.05, 4.69) is 4.98 Å². The number of aromatic nitrogens is 2. The number of rotatable bonds is 5. The number of aliphatic carboxylic acids is 1. The van der Waals surface area contributed by atoms with Crippen molar-refractivity contribution in [2.45, 2.75) is 32.4 Å². The van der Waals surface area contributed by atoms with Crippen LogP contribution in [0.5, 0.6) is 0 Å². The number of aliphatic hydroxyl groups excluding tert-OH is 1. The van der Waals surface area contributed by atoms with Crippen LogP contribution in [-0.2, 0) is 17.8 Å². The molecule has 1 aromatic carbocycles. The Balaban J connectivity index is 2.42. The van der Waals surface area contributed by atoms with Crippen molar-refractivity contribution in [2.75, 3.05) is 0 Å². The van der Waals surface area contributed by atoms with E-state index in [4.69, 9.17) is 5.11 Å². The van der Waals surface area contributed by atoms with Crippen LogP contribution in [0.15, 0.2) is 24.3 Å². The molecule has 96 valence electrons. The molecule has 1 unspecified atom stereocenters. The molecule has 0 bridgehead atoms. The number of para-hydroxylation sites is 2. The molecule has 0 spiro atoms. The number of imidazole rings is 1. The summed E-state index contributed by atoms with van der Waals surface area (Å²) in [5.74, 6) is -0.599. The van der Waals surface area contributed by atoms with E-state index in [9.17, 15) is 9.90 Å². The van der Waals surface area contributed by atoms with Gasteiger partial charge in [0, 0.05) is 13.0 Å². The Kier molecular flexibility index (Phi) is 3.62. The summed E-state index contributed by atoms with van der Waals surface area (Å²) >= 11 is 0. The Morgan fingerprint density at radius 1 is 1.44 bits per heavy atom. The van der Waals surface area contributed by atoms with E-state index in [0.29, 0.717) is 5.82 Å². The molecule has 5 nitrogen and oxygen atoms in total. The van der Waals surface area contributed by atoms with Gasteiger partial charge in [-0.05, 0) is 18.6 Å². The van der Waals surface area contributed by atoms with Gasteiger partial charge in [-0.25, -0.2) is 9.78 Å².